The van der Waals surface area contributed by atoms with Crippen molar-refractivity contribution in [1.82, 2.24) is 0 Å². The van der Waals surface area contributed by atoms with Gasteiger partial charge in [0, 0.05) is 12.5 Å². The summed E-state index contributed by atoms with van der Waals surface area (Å²) in [6.07, 6.45) is 4.48. The van der Waals surface area contributed by atoms with E-state index < -0.39 is 10.5 Å². The Morgan fingerprint density at radius 1 is 1.82 bits per heavy atom. The molecule has 0 saturated heterocycles. The summed E-state index contributed by atoms with van der Waals surface area (Å²) in [6, 6.07) is 0. The summed E-state index contributed by atoms with van der Waals surface area (Å²) >= 11 is 0. The minimum absolute atomic E-state index is 0.0523. The zero-order valence-corrected chi connectivity index (χ0v) is 6.15. The highest BCUT2D eigenvalue weighted by atomic mass is 16.6. The van der Waals surface area contributed by atoms with Crippen molar-refractivity contribution in [3.63, 3.8) is 0 Å². The Morgan fingerprint density at radius 3 is 2.82 bits per heavy atom. The number of allylic oxidation sites excluding steroid dienone is 1. The lowest BCUT2D eigenvalue weighted by atomic mass is 9.97. The van der Waals surface area contributed by atoms with E-state index in [1.54, 1.807) is 6.92 Å². The van der Waals surface area contributed by atoms with E-state index in [9.17, 15) is 15.2 Å². The van der Waals surface area contributed by atoms with E-state index in [-0.39, 0.29) is 5.70 Å². The number of nitro groups is 1. The number of nitrogens with zero attached hydrogens (tertiary/aromatic N) is 1. The molecule has 0 radical (unpaired) electrons. The lowest BCUT2D eigenvalue weighted by Gasteiger charge is -2.18. The van der Waals surface area contributed by atoms with Gasteiger partial charge in [0.1, 0.15) is 0 Å². The Hall–Kier alpha value is -1.16. The van der Waals surface area contributed by atoms with Gasteiger partial charge in [-0.2, -0.15) is 0 Å². The van der Waals surface area contributed by atoms with Crippen molar-refractivity contribution in [2.24, 2.45) is 0 Å². The van der Waals surface area contributed by atoms with E-state index in [2.05, 4.69) is 0 Å². The number of rotatable bonds is 1. The first-order valence-electron chi connectivity index (χ1n) is 3.27. The average Bonchev–Trinajstić information content (AvgIpc) is 1.86. The van der Waals surface area contributed by atoms with Crippen molar-refractivity contribution < 1.29 is 10.0 Å². The van der Waals surface area contributed by atoms with Gasteiger partial charge in [-0.1, -0.05) is 0 Å². The molecule has 60 valence electrons. The quantitative estimate of drug-likeness (QED) is 0.451. The number of hydrogen-bond acceptors (Lipinski definition) is 3. The third-order valence-electron chi connectivity index (χ3n) is 1.55. The van der Waals surface area contributed by atoms with Gasteiger partial charge in [0.15, 0.2) is 0 Å². The predicted octanol–water partition coefficient (Wildman–Crippen LogP) is 0.858. The lowest BCUT2D eigenvalue weighted by Crippen LogP contribution is -2.22. The van der Waals surface area contributed by atoms with Crippen LogP contribution in [0.2, 0.25) is 0 Å². The van der Waals surface area contributed by atoms with Crippen LogP contribution in [0.15, 0.2) is 23.9 Å². The summed E-state index contributed by atoms with van der Waals surface area (Å²) in [6.45, 7) is 1.61. The van der Waals surface area contributed by atoms with E-state index in [0.717, 1.165) is 0 Å². The summed E-state index contributed by atoms with van der Waals surface area (Å²) in [4.78, 5) is 9.70. The Morgan fingerprint density at radius 2 is 2.45 bits per heavy atom. The molecule has 4 nitrogen and oxygen atoms in total. The highest BCUT2D eigenvalue weighted by Crippen LogP contribution is 2.19. The minimum atomic E-state index is -0.917. The molecule has 1 N–H and O–H groups in total. The average molecular weight is 155 g/mol. The lowest BCUT2D eigenvalue weighted by molar-refractivity contribution is -0.419. The molecule has 1 atom stereocenters. The standard InChI is InChI=1S/C7H9NO3/c1-7(9)4-2-6(3-5-7)8(10)11/h2-4,9H,5H2,1H3. The summed E-state index contributed by atoms with van der Waals surface area (Å²) in [5.74, 6) is 0. The first-order chi connectivity index (χ1) is 5.01. The van der Waals surface area contributed by atoms with Gasteiger partial charge in [-0.15, -0.1) is 0 Å². The molecule has 0 amide bonds. The van der Waals surface area contributed by atoms with E-state index in [1.165, 1.54) is 18.2 Å². The molecule has 0 aromatic rings. The molecule has 1 unspecified atom stereocenters. The minimum Gasteiger partial charge on any atom is -0.386 e. The van der Waals surface area contributed by atoms with E-state index >= 15 is 0 Å². The van der Waals surface area contributed by atoms with E-state index in [4.69, 9.17) is 0 Å². The Balaban J connectivity index is 2.75. The second-order valence-corrected chi connectivity index (χ2v) is 2.78. The first kappa shape index (κ1) is 7.94. The van der Waals surface area contributed by atoms with Crippen molar-refractivity contribution in [2.75, 3.05) is 0 Å². The van der Waals surface area contributed by atoms with Gasteiger partial charge in [-0.25, -0.2) is 0 Å². The maximum atomic E-state index is 10.2. The van der Waals surface area contributed by atoms with Crippen molar-refractivity contribution >= 4 is 0 Å². The van der Waals surface area contributed by atoms with Gasteiger partial charge in [0.25, 0.3) is 5.70 Å². The second kappa shape index (κ2) is 2.47. The molecule has 1 rings (SSSR count). The van der Waals surface area contributed by atoms with Crippen LogP contribution in [0.5, 0.6) is 0 Å². The zero-order chi connectivity index (χ0) is 8.48. The van der Waals surface area contributed by atoms with Crippen LogP contribution in [-0.4, -0.2) is 15.6 Å². The summed E-state index contributed by atoms with van der Waals surface area (Å²) in [5, 5.41) is 19.5. The molecule has 0 spiro atoms. The van der Waals surface area contributed by atoms with Gasteiger partial charge < -0.3 is 5.11 Å². The monoisotopic (exact) mass is 155 g/mol. The SMILES string of the molecule is CC1(O)C=CC([N+](=O)[O-])=CC1. The number of hydrogen-bond donors (Lipinski definition) is 1. The third kappa shape index (κ3) is 1.88. The maximum absolute atomic E-state index is 10.2. The van der Waals surface area contributed by atoms with E-state index in [0.29, 0.717) is 6.42 Å². The summed E-state index contributed by atoms with van der Waals surface area (Å²) < 4.78 is 0. The highest BCUT2D eigenvalue weighted by molar-refractivity contribution is 5.21. The van der Waals surface area contributed by atoms with Crippen molar-refractivity contribution in [2.45, 2.75) is 18.9 Å². The Kier molecular flexibility index (Phi) is 1.78. The smallest absolute Gasteiger partial charge is 0.265 e. The van der Waals surface area contributed by atoms with Crippen LogP contribution in [0.1, 0.15) is 13.3 Å². The number of aliphatic hydroxyl groups is 1. The largest absolute Gasteiger partial charge is 0.386 e. The topological polar surface area (TPSA) is 63.4 Å². The van der Waals surface area contributed by atoms with Gasteiger partial charge in [-0.3, -0.25) is 10.1 Å². The van der Waals surface area contributed by atoms with Crippen molar-refractivity contribution in [3.8, 4) is 0 Å². The van der Waals surface area contributed by atoms with Gasteiger partial charge in [0.2, 0.25) is 0 Å². The molecule has 0 saturated carbocycles. The predicted molar refractivity (Wildman–Crippen MR) is 39.5 cm³/mol. The van der Waals surface area contributed by atoms with Crippen molar-refractivity contribution in [1.29, 1.82) is 0 Å². The summed E-state index contributed by atoms with van der Waals surface area (Å²) in [5.41, 5.74) is -0.865. The van der Waals surface area contributed by atoms with Crippen LogP contribution >= 0.6 is 0 Å². The zero-order valence-electron chi connectivity index (χ0n) is 6.15. The van der Waals surface area contributed by atoms with Gasteiger partial charge >= 0.3 is 0 Å². The van der Waals surface area contributed by atoms with Crippen LogP contribution in [0.4, 0.5) is 0 Å². The fourth-order valence-electron chi connectivity index (χ4n) is 0.848. The second-order valence-electron chi connectivity index (χ2n) is 2.78. The molecule has 0 bridgehead atoms. The molecular formula is C7H9NO3. The summed E-state index contributed by atoms with van der Waals surface area (Å²) in [7, 11) is 0. The fourth-order valence-corrected chi connectivity index (χ4v) is 0.848. The van der Waals surface area contributed by atoms with E-state index in [1.807, 2.05) is 0 Å². The molecular weight excluding hydrogens is 146 g/mol. The van der Waals surface area contributed by atoms with Gasteiger partial charge in [-0.05, 0) is 19.1 Å². The molecule has 0 fully saturated rings. The Labute approximate surface area is 64.0 Å². The molecule has 1 aliphatic rings. The molecule has 0 aliphatic heterocycles. The van der Waals surface area contributed by atoms with Gasteiger partial charge in [0.05, 0.1) is 10.5 Å². The molecule has 0 heterocycles. The third-order valence-corrected chi connectivity index (χ3v) is 1.55. The van der Waals surface area contributed by atoms with Crippen LogP contribution < -0.4 is 0 Å². The molecule has 11 heavy (non-hydrogen) atoms. The first-order valence-corrected chi connectivity index (χ1v) is 3.27. The normalized spacial score (nSPS) is 29.8. The molecule has 4 heteroatoms. The Bertz CT molecular complexity index is 240. The maximum Gasteiger partial charge on any atom is 0.265 e. The van der Waals surface area contributed by atoms with Crippen LogP contribution in [0, 0.1) is 10.1 Å². The van der Waals surface area contributed by atoms with Crippen LogP contribution in [0.3, 0.4) is 0 Å². The van der Waals surface area contributed by atoms with Crippen LogP contribution in [-0.2, 0) is 0 Å². The van der Waals surface area contributed by atoms with Crippen molar-refractivity contribution in [3.05, 3.63) is 34.0 Å². The highest BCUT2D eigenvalue weighted by Gasteiger charge is 2.22. The fraction of sp³-hybridized carbons (Fsp3) is 0.429. The van der Waals surface area contributed by atoms with Crippen LogP contribution in [0.25, 0.3) is 0 Å². The molecule has 0 aromatic carbocycles. The molecule has 0 aromatic heterocycles. The molecule has 1 aliphatic carbocycles.